The maximum absolute atomic E-state index is 13.2. The highest BCUT2D eigenvalue weighted by atomic mass is 16.8. The summed E-state index contributed by atoms with van der Waals surface area (Å²) in [6.07, 6.45) is 14.8. The molecule has 1 amide bonds. The van der Waals surface area contributed by atoms with Crippen molar-refractivity contribution < 1.29 is 89.4 Å². The van der Waals surface area contributed by atoms with E-state index in [1.165, 1.54) is 6.42 Å². The Balaban J connectivity index is 1.55. The molecule has 17 atom stereocenters. The summed E-state index contributed by atoms with van der Waals surface area (Å²) in [6, 6.07) is -1.01. The summed E-state index contributed by atoms with van der Waals surface area (Å²) in [6.45, 7) is 1.44. The average molecular weight is 1030 g/mol. The van der Waals surface area contributed by atoms with Gasteiger partial charge in [-0.1, -0.05) is 131 Å². The highest BCUT2D eigenvalue weighted by Gasteiger charge is 2.53. The normalized spacial score (nSPS) is 32.7. The second-order valence-electron chi connectivity index (χ2n) is 18.2. The molecule has 3 aliphatic rings. The van der Waals surface area contributed by atoms with E-state index < -0.39 is 131 Å². The number of allylic oxidation sites excluding steroid dienone is 13. The second-order valence-corrected chi connectivity index (χ2v) is 18.2. The number of ether oxygens (including phenoxy) is 6. The van der Waals surface area contributed by atoms with E-state index in [1.807, 2.05) is 18.2 Å². The molecular formula is C53H87NO18. The number of nitrogens with one attached hydrogen (secondary N) is 1. The molecule has 3 rings (SSSR count). The predicted molar refractivity (Wildman–Crippen MR) is 268 cm³/mol. The Bertz CT molecular complexity index is 1650. The number of aliphatic hydroxyl groups is 11. The molecule has 0 aromatic heterocycles. The molecule has 72 heavy (non-hydrogen) atoms. The average Bonchev–Trinajstić information content (AvgIpc) is 3.37. The van der Waals surface area contributed by atoms with Crippen molar-refractivity contribution in [2.24, 2.45) is 0 Å². The van der Waals surface area contributed by atoms with Crippen LogP contribution >= 0.6 is 0 Å². The summed E-state index contributed by atoms with van der Waals surface area (Å²) in [5.74, 6) is -0.367. The number of hydrogen-bond acceptors (Lipinski definition) is 18. The van der Waals surface area contributed by atoms with E-state index >= 15 is 0 Å². The van der Waals surface area contributed by atoms with E-state index in [4.69, 9.17) is 28.4 Å². The van der Waals surface area contributed by atoms with Crippen molar-refractivity contribution in [2.45, 2.75) is 214 Å². The van der Waals surface area contributed by atoms with Gasteiger partial charge in [-0.3, -0.25) is 4.79 Å². The third-order valence-corrected chi connectivity index (χ3v) is 12.5. The Hall–Kier alpha value is -3.03. The Kier molecular flexibility index (Phi) is 32.4. The Labute approximate surface area is 425 Å². The Morgan fingerprint density at radius 1 is 0.514 bits per heavy atom. The third-order valence-electron chi connectivity index (χ3n) is 12.5. The topological polar surface area (TPSA) is 307 Å². The molecule has 12 N–H and O–H groups in total. The predicted octanol–water partition coefficient (Wildman–Crippen LogP) is 2.08. The van der Waals surface area contributed by atoms with Crippen molar-refractivity contribution in [2.75, 3.05) is 26.4 Å². The molecule has 412 valence electrons. The monoisotopic (exact) mass is 1030 g/mol. The van der Waals surface area contributed by atoms with Gasteiger partial charge in [-0.25, -0.2) is 0 Å². The first-order chi connectivity index (χ1) is 34.8. The number of carbonyl (C=O) groups excluding carboxylic acids is 1. The fraction of sp³-hybridized carbons (Fsp3) is 0.717. The maximum atomic E-state index is 13.2. The number of carbonyl (C=O) groups is 1. The summed E-state index contributed by atoms with van der Waals surface area (Å²) in [4.78, 5) is 13.2. The van der Waals surface area contributed by atoms with Crippen LogP contribution in [0.2, 0.25) is 0 Å². The van der Waals surface area contributed by atoms with Crippen LogP contribution in [0.3, 0.4) is 0 Å². The van der Waals surface area contributed by atoms with Gasteiger partial charge in [0.15, 0.2) is 18.9 Å². The van der Waals surface area contributed by atoms with Crippen molar-refractivity contribution in [1.82, 2.24) is 5.32 Å². The summed E-state index contributed by atoms with van der Waals surface area (Å²) in [7, 11) is 0. The van der Waals surface area contributed by atoms with Crippen LogP contribution < -0.4 is 5.32 Å². The van der Waals surface area contributed by atoms with Crippen molar-refractivity contribution in [1.29, 1.82) is 0 Å². The lowest BCUT2D eigenvalue weighted by atomic mass is 9.96. The lowest BCUT2D eigenvalue weighted by molar-refractivity contribution is -0.379. The lowest BCUT2D eigenvalue weighted by Gasteiger charge is -2.48. The van der Waals surface area contributed by atoms with Crippen LogP contribution in [0.1, 0.15) is 110 Å². The van der Waals surface area contributed by atoms with Gasteiger partial charge in [-0.15, -0.1) is 0 Å². The van der Waals surface area contributed by atoms with Crippen LogP contribution in [0, 0.1) is 0 Å². The van der Waals surface area contributed by atoms with Gasteiger partial charge in [0, 0.05) is 6.42 Å². The van der Waals surface area contributed by atoms with Crippen LogP contribution in [-0.4, -0.2) is 193 Å². The van der Waals surface area contributed by atoms with Gasteiger partial charge >= 0.3 is 0 Å². The molecule has 0 bridgehead atoms. The molecule has 3 aliphatic heterocycles. The SMILES string of the molecule is CC/C=C\C/C=C\C/C=C\C/C=C\C/C=C\C/C=C\CCC(=O)NC(COC1OC(CO)C(OC2OC(CO)C(OC3OC(CO)C(O)C(O)C3O)C(O)C2O)C(O)C1O)C(O)/C=C/CCCCCCCC. The fourth-order valence-corrected chi connectivity index (χ4v) is 8.15. The van der Waals surface area contributed by atoms with Gasteiger partial charge in [-0.05, 0) is 57.8 Å². The summed E-state index contributed by atoms with van der Waals surface area (Å²) in [5.41, 5.74) is 0. The maximum Gasteiger partial charge on any atom is 0.220 e. The van der Waals surface area contributed by atoms with Crippen LogP contribution in [0.15, 0.2) is 85.1 Å². The molecule has 0 aliphatic carbocycles. The minimum Gasteiger partial charge on any atom is -0.394 e. The van der Waals surface area contributed by atoms with E-state index in [1.54, 1.807) is 6.08 Å². The zero-order chi connectivity index (χ0) is 52.7. The first-order valence-electron chi connectivity index (χ1n) is 25.8. The molecule has 0 spiro atoms. The molecule has 3 fully saturated rings. The van der Waals surface area contributed by atoms with Crippen molar-refractivity contribution in [3.8, 4) is 0 Å². The minimum atomic E-state index is -1.99. The van der Waals surface area contributed by atoms with Crippen LogP contribution in [0.25, 0.3) is 0 Å². The van der Waals surface area contributed by atoms with Crippen molar-refractivity contribution in [3.63, 3.8) is 0 Å². The quantitative estimate of drug-likeness (QED) is 0.0324. The van der Waals surface area contributed by atoms with E-state index in [-0.39, 0.29) is 12.3 Å². The number of amides is 1. The fourth-order valence-electron chi connectivity index (χ4n) is 8.15. The van der Waals surface area contributed by atoms with Crippen LogP contribution in [0.4, 0.5) is 0 Å². The molecule has 3 saturated heterocycles. The van der Waals surface area contributed by atoms with Gasteiger partial charge in [0.2, 0.25) is 5.91 Å². The molecule has 19 nitrogen and oxygen atoms in total. The van der Waals surface area contributed by atoms with Crippen LogP contribution in [-0.2, 0) is 33.2 Å². The Morgan fingerprint density at radius 2 is 0.958 bits per heavy atom. The third kappa shape index (κ3) is 22.0. The lowest BCUT2D eigenvalue weighted by Crippen LogP contribution is -2.66. The number of hydrogen-bond donors (Lipinski definition) is 12. The smallest absolute Gasteiger partial charge is 0.220 e. The molecule has 19 heteroatoms. The van der Waals surface area contributed by atoms with Crippen molar-refractivity contribution >= 4 is 5.91 Å². The zero-order valence-corrected chi connectivity index (χ0v) is 42.1. The molecule has 0 saturated carbocycles. The van der Waals surface area contributed by atoms with Crippen molar-refractivity contribution in [3.05, 3.63) is 85.1 Å². The standard InChI is InChI=1S/C53H87NO18/c1-3-5-7-9-11-13-14-15-16-17-18-19-20-21-22-23-25-27-29-31-41(59)54-36(37(58)30-28-26-24-12-10-8-6-4-2)35-67-51-47(65)44(62)49(39(33-56)69-51)72-53-48(66)45(63)50(40(34-57)70-53)71-52-46(64)43(61)42(60)38(32-55)68-52/h5,7,11,13,15-16,18-19,21-22,25,27-28,30,36-40,42-53,55-58,60-66H,3-4,6,8-10,12,14,17,20,23-24,26,29,31-35H2,1-2H3,(H,54,59)/b7-5-,13-11-,16-15-,19-18-,22-21-,27-25-,30-28+. The number of aliphatic hydroxyl groups excluding tert-OH is 11. The van der Waals surface area contributed by atoms with Gasteiger partial charge in [0.25, 0.3) is 0 Å². The number of unbranched alkanes of at least 4 members (excludes halogenated alkanes) is 6. The van der Waals surface area contributed by atoms with Gasteiger partial charge in [0.05, 0.1) is 38.6 Å². The van der Waals surface area contributed by atoms with E-state index in [0.29, 0.717) is 19.3 Å². The molecule has 3 heterocycles. The Morgan fingerprint density at radius 3 is 1.47 bits per heavy atom. The molecule has 17 unspecified atom stereocenters. The van der Waals surface area contributed by atoms with Gasteiger partial charge in [0.1, 0.15) is 73.2 Å². The highest BCUT2D eigenvalue weighted by Crippen LogP contribution is 2.33. The number of rotatable bonds is 34. The first kappa shape index (κ1) is 63.3. The van der Waals surface area contributed by atoms with E-state index in [2.05, 4.69) is 79.9 Å². The largest absolute Gasteiger partial charge is 0.394 e. The summed E-state index contributed by atoms with van der Waals surface area (Å²) in [5, 5.41) is 119. The highest BCUT2D eigenvalue weighted by molar-refractivity contribution is 5.76. The van der Waals surface area contributed by atoms with Crippen LogP contribution in [0.5, 0.6) is 0 Å². The van der Waals surface area contributed by atoms with Gasteiger partial charge in [-0.2, -0.15) is 0 Å². The van der Waals surface area contributed by atoms with E-state index in [9.17, 15) is 61.0 Å². The molecule has 0 aromatic carbocycles. The second kappa shape index (κ2) is 36.8. The summed E-state index contributed by atoms with van der Waals surface area (Å²) >= 11 is 0. The van der Waals surface area contributed by atoms with Gasteiger partial charge < -0.3 is 89.9 Å². The zero-order valence-electron chi connectivity index (χ0n) is 42.1. The van der Waals surface area contributed by atoms with E-state index in [0.717, 1.165) is 64.2 Å². The minimum absolute atomic E-state index is 0.112. The first-order valence-corrected chi connectivity index (χ1v) is 25.8. The molecule has 0 radical (unpaired) electrons. The summed E-state index contributed by atoms with van der Waals surface area (Å²) < 4.78 is 34.0. The molecular weight excluding hydrogens is 939 g/mol. The molecule has 0 aromatic rings.